The van der Waals surface area contributed by atoms with E-state index in [0.29, 0.717) is 0 Å². The molecule has 1 aromatic carbocycles. The molecule has 0 saturated carbocycles. The minimum absolute atomic E-state index is 0.170. The molecule has 0 saturated heterocycles. The Hall–Kier alpha value is -2.05. The van der Waals surface area contributed by atoms with Crippen molar-refractivity contribution in [3.05, 3.63) is 23.8 Å². The first-order chi connectivity index (χ1) is 9.35. The Morgan fingerprint density at radius 1 is 1.00 bits per heavy atom. The van der Waals surface area contributed by atoms with E-state index in [0.717, 1.165) is 18.2 Å². The maximum Gasteiger partial charge on any atom is 0.387 e. The van der Waals surface area contributed by atoms with E-state index in [9.17, 15) is 22.7 Å². The molecular weight excluding hydrogens is 286 g/mol. The second kappa shape index (κ2) is 6.93. The van der Waals surface area contributed by atoms with Gasteiger partial charge in [0, 0.05) is 0 Å². The molecule has 0 aliphatic rings. The van der Waals surface area contributed by atoms with Crippen molar-refractivity contribution in [3.8, 4) is 17.6 Å². The third kappa shape index (κ3) is 4.25. The van der Waals surface area contributed by atoms with E-state index in [1.807, 2.05) is 0 Å². The number of benzene rings is 1. The van der Waals surface area contributed by atoms with E-state index in [-0.39, 0.29) is 5.56 Å². The van der Waals surface area contributed by atoms with Crippen LogP contribution in [-0.4, -0.2) is 29.5 Å². The lowest BCUT2D eigenvalue weighted by Crippen LogP contribution is -2.16. The first-order valence-electron chi connectivity index (χ1n) is 5.14. The van der Waals surface area contributed by atoms with Gasteiger partial charge in [0.25, 0.3) is 0 Å². The van der Waals surface area contributed by atoms with E-state index in [1.165, 1.54) is 6.07 Å². The van der Waals surface area contributed by atoms with Crippen LogP contribution in [0.2, 0.25) is 0 Å². The number of aliphatic hydroxyl groups excluding tert-OH is 2. The Kier molecular flexibility index (Phi) is 5.54. The van der Waals surface area contributed by atoms with Crippen LogP contribution in [0.15, 0.2) is 18.2 Å². The molecule has 110 valence electrons. The van der Waals surface area contributed by atoms with E-state index in [2.05, 4.69) is 9.47 Å². The predicted octanol–water partition coefficient (Wildman–Crippen LogP) is 1.81. The van der Waals surface area contributed by atoms with Crippen molar-refractivity contribution < 1.29 is 37.2 Å². The third-order valence-electron chi connectivity index (χ3n) is 2.17. The zero-order valence-corrected chi connectivity index (χ0v) is 9.71. The predicted molar refractivity (Wildman–Crippen MR) is 56.3 cm³/mol. The summed E-state index contributed by atoms with van der Waals surface area (Å²) in [5, 5.41) is 27.1. The maximum atomic E-state index is 12.2. The summed E-state index contributed by atoms with van der Waals surface area (Å²) in [6.07, 6.45) is -3.52. The third-order valence-corrected chi connectivity index (χ3v) is 2.17. The summed E-state index contributed by atoms with van der Waals surface area (Å²) in [6.45, 7) is -6.56. The molecule has 0 spiro atoms. The topological polar surface area (TPSA) is 82.7 Å². The van der Waals surface area contributed by atoms with Gasteiger partial charge in [-0.3, -0.25) is 0 Å². The number of aliphatic hydroxyl groups is 2. The molecule has 0 bridgehead atoms. The summed E-state index contributed by atoms with van der Waals surface area (Å²) in [5.41, 5.74) is -0.170. The lowest BCUT2D eigenvalue weighted by Gasteiger charge is -2.16. The van der Waals surface area contributed by atoms with Crippen LogP contribution in [-0.2, 0) is 0 Å². The van der Waals surface area contributed by atoms with Crippen LogP contribution in [0.3, 0.4) is 0 Å². The highest BCUT2D eigenvalue weighted by atomic mass is 19.3. The molecule has 0 aromatic heterocycles. The molecule has 0 aliphatic carbocycles. The fourth-order valence-corrected chi connectivity index (χ4v) is 1.34. The molecule has 2 N–H and O–H groups in total. The number of nitrogens with zero attached hydrogens (tertiary/aromatic N) is 1. The van der Waals surface area contributed by atoms with Gasteiger partial charge in [-0.2, -0.15) is 22.8 Å². The highest BCUT2D eigenvalue weighted by molar-refractivity contribution is 5.44. The Bertz CT molecular complexity index is 492. The fourth-order valence-electron chi connectivity index (χ4n) is 1.34. The van der Waals surface area contributed by atoms with Crippen LogP contribution in [0.1, 0.15) is 11.7 Å². The molecule has 0 aliphatic heterocycles. The van der Waals surface area contributed by atoms with Crippen LogP contribution >= 0.6 is 0 Å². The molecule has 20 heavy (non-hydrogen) atoms. The highest BCUT2D eigenvalue weighted by Gasteiger charge is 2.21. The standard InChI is InChI=1S/C11H9F4NO4/c12-10(13)19-7-2-1-5(9(18)6(17)4-16)3-8(7)20-11(14)15/h1-3,6,9-11,17-18H. The Morgan fingerprint density at radius 3 is 2.05 bits per heavy atom. The summed E-state index contributed by atoms with van der Waals surface area (Å²) >= 11 is 0. The van der Waals surface area contributed by atoms with Crippen molar-refractivity contribution in [2.45, 2.75) is 25.4 Å². The van der Waals surface area contributed by atoms with E-state index < -0.39 is 36.9 Å². The summed E-state index contributed by atoms with van der Waals surface area (Å²) in [6, 6.07) is 3.99. The molecular formula is C11H9F4NO4. The quantitative estimate of drug-likeness (QED) is 0.618. The molecule has 9 heteroatoms. The average molecular weight is 295 g/mol. The van der Waals surface area contributed by atoms with Crippen molar-refractivity contribution in [2.24, 2.45) is 0 Å². The minimum Gasteiger partial charge on any atom is -0.431 e. The van der Waals surface area contributed by atoms with Crippen LogP contribution < -0.4 is 9.47 Å². The SMILES string of the molecule is N#CC(O)C(O)c1ccc(OC(F)F)c(OC(F)F)c1. The van der Waals surface area contributed by atoms with Gasteiger partial charge in [-0.25, -0.2) is 0 Å². The van der Waals surface area contributed by atoms with Gasteiger partial charge in [-0.05, 0) is 17.7 Å². The summed E-state index contributed by atoms with van der Waals surface area (Å²) < 4.78 is 56.4. The largest absolute Gasteiger partial charge is 0.431 e. The molecule has 2 unspecified atom stereocenters. The fraction of sp³-hybridized carbons (Fsp3) is 0.364. The first kappa shape index (κ1) is 16.0. The molecule has 5 nitrogen and oxygen atoms in total. The van der Waals surface area contributed by atoms with Crippen LogP contribution in [0.25, 0.3) is 0 Å². The summed E-state index contributed by atoms with van der Waals surface area (Å²) in [5.74, 6) is -1.41. The van der Waals surface area contributed by atoms with Gasteiger partial charge in [0.05, 0.1) is 6.07 Å². The lowest BCUT2D eigenvalue weighted by atomic mass is 10.0. The molecule has 0 amide bonds. The molecule has 0 fully saturated rings. The van der Waals surface area contributed by atoms with Gasteiger partial charge < -0.3 is 19.7 Å². The summed E-state index contributed by atoms with van der Waals surface area (Å²) in [4.78, 5) is 0. The number of hydrogen-bond donors (Lipinski definition) is 2. The normalized spacial score (nSPS) is 13.9. The van der Waals surface area contributed by atoms with Gasteiger partial charge in [0.1, 0.15) is 6.10 Å². The van der Waals surface area contributed by atoms with Gasteiger partial charge >= 0.3 is 13.2 Å². The smallest absolute Gasteiger partial charge is 0.387 e. The number of nitriles is 1. The lowest BCUT2D eigenvalue weighted by molar-refractivity contribution is -0.0694. The Morgan fingerprint density at radius 2 is 1.55 bits per heavy atom. The molecule has 0 radical (unpaired) electrons. The van der Waals surface area contributed by atoms with Gasteiger partial charge in [0.15, 0.2) is 17.6 Å². The number of alkyl halides is 4. The highest BCUT2D eigenvalue weighted by Crippen LogP contribution is 2.33. The maximum absolute atomic E-state index is 12.2. The Labute approximate surface area is 110 Å². The van der Waals surface area contributed by atoms with Crippen LogP contribution in [0, 0.1) is 11.3 Å². The molecule has 0 heterocycles. The van der Waals surface area contributed by atoms with Gasteiger partial charge in [-0.1, -0.05) is 6.07 Å². The first-order valence-corrected chi connectivity index (χ1v) is 5.14. The number of rotatable bonds is 6. The average Bonchev–Trinajstić information content (AvgIpc) is 2.37. The molecule has 1 rings (SSSR count). The van der Waals surface area contributed by atoms with Crippen molar-refractivity contribution >= 4 is 0 Å². The van der Waals surface area contributed by atoms with Crippen LogP contribution in [0.4, 0.5) is 17.6 Å². The summed E-state index contributed by atoms with van der Waals surface area (Å²) in [7, 11) is 0. The Balaban J connectivity index is 3.10. The van der Waals surface area contributed by atoms with Crippen molar-refractivity contribution in [1.82, 2.24) is 0 Å². The van der Waals surface area contributed by atoms with E-state index >= 15 is 0 Å². The van der Waals surface area contributed by atoms with Gasteiger partial charge in [0.2, 0.25) is 0 Å². The van der Waals surface area contributed by atoms with Crippen molar-refractivity contribution in [3.63, 3.8) is 0 Å². The van der Waals surface area contributed by atoms with Crippen molar-refractivity contribution in [1.29, 1.82) is 5.26 Å². The van der Waals surface area contributed by atoms with Crippen molar-refractivity contribution in [2.75, 3.05) is 0 Å². The number of ether oxygens (including phenoxy) is 2. The number of hydrogen-bond acceptors (Lipinski definition) is 5. The zero-order chi connectivity index (χ0) is 15.3. The van der Waals surface area contributed by atoms with Crippen LogP contribution in [0.5, 0.6) is 11.5 Å². The minimum atomic E-state index is -3.30. The van der Waals surface area contributed by atoms with E-state index in [1.54, 1.807) is 0 Å². The molecule has 1 aromatic rings. The second-order valence-electron chi connectivity index (χ2n) is 3.48. The number of halogens is 4. The monoisotopic (exact) mass is 295 g/mol. The zero-order valence-electron chi connectivity index (χ0n) is 9.71. The second-order valence-corrected chi connectivity index (χ2v) is 3.48. The van der Waals surface area contributed by atoms with E-state index in [4.69, 9.17) is 10.4 Å². The molecule has 2 atom stereocenters. The van der Waals surface area contributed by atoms with Gasteiger partial charge in [-0.15, -0.1) is 0 Å².